The van der Waals surface area contributed by atoms with E-state index in [9.17, 15) is 9.18 Å². The first-order valence-corrected chi connectivity index (χ1v) is 8.18. The van der Waals surface area contributed by atoms with E-state index in [4.69, 9.17) is 5.73 Å². The molecule has 0 aliphatic heterocycles. The number of nitrogens with two attached hydrogens (primary N) is 1. The molecule has 0 atom stereocenters. The van der Waals surface area contributed by atoms with E-state index in [2.05, 4.69) is 10.3 Å². The highest BCUT2D eigenvalue weighted by Crippen LogP contribution is 2.32. The minimum atomic E-state index is -0.570. The number of nitrogen functional groups attached to an aromatic ring is 1. The van der Waals surface area contributed by atoms with Crippen molar-refractivity contribution in [2.75, 3.05) is 11.1 Å². The molecule has 1 aromatic heterocycles. The van der Waals surface area contributed by atoms with E-state index in [-0.39, 0.29) is 16.3 Å². The summed E-state index contributed by atoms with van der Waals surface area (Å²) in [6.45, 7) is 3.97. The van der Waals surface area contributed by atoms with Crippen molar-refractivity contribution in [1.82, 2.24) is 4.98 Å². The average Bonchev–Trinajstić information content (AvgIpc) is 2.91. The Kier molecular flexibility index (Phi) is 4.31. The summed E-state index contributed by atoms with van der Waals surface area (Å²) < 4.78 is 13.8. The summed E-state index contributed by atoms with van der Waals surface area (Å²) in [6, 6.07) is 11.8. The van der Waals surface area contributed by atoms with Gasteiger partial charge >= 0.3 is 0 Å². The highest BCUT2D eigenvalue weighted by molar-refractivity contribution is 7.18. The van der Waals surface area contributed by atoms with Crippen molar-refractivity contribution < 1.29 is 9.18 Å². The fourth-order valence-corrected chi connectivity index (χ4v) is 3.28. The second-order valence-corrected chi connectivity index (χ2v) is 6.43. The van der Waals surface area contributed by atoms with Gasteiger partial charge in [0.05, 0.1) is 5.56 Å². The maximum Gasteiger partial charge on any atom is 0.209 e. The molecule has 0 aliphatic rings. The number of halogens is 1. The van der Waals surface area contributed by atoms with Gasteiger partial charge in [0.15, 0.2) is 5.13 Å². The molecule has 2 aromatic carbocycles. The minimum Gasteiger partial charge on any atom is -0.382 e. The van der Waals surface area contributed by atoms with Gasteiger partial charge in [0.25, 0.3) is 0 Å². The van der Waals surface area contributed by atoms with Gasteiger partial charge in [-0.25, -0.2) is 9.37 Å². The largest absolute Gasteiger partial charge is 0.382 e. The van der Waals surface area contributed by atoms with Crippen molar-refractivity contribution in [2.24, 2.45) is 0 Å². The number of anilines is 3. The lowest BCUT2D eigenvalue weighted by Crippen LogP contribution is -2.04. The zero-order valence-electron chi connectivity index (χ0n) is 13.3. The summed E-state index contributed by atoms with van der Waals surface area (Å²) in [7, 11) is 0. The molecular formula is C18H16FN3OS. The van der Waals surface area contributed by atoms with Crippen LogP contribution in [0.3, 0.4) is 0 Å². The number of hydrogen-bond donors (Lipinski definition) is 2. The zero-order valence-corrected chi connectivity index (χ0v) is 14.1. The number of para-hydroxylation sites is 1. The number of aromatic nitrogens is 1. The Labute approximate surface area is 143 Å². The lowest BCUT2D eigenvalue weighted by atomic mass is 10.1. The highest BCUT2D eigenvalue weighted by Gasteiger charge is 2.21. The van der Waals surface area contributed by atoms with Crippen molar-refractivity contribution >= 4 is 33.8 Å². The molecule has 122 valence electrons. The lowest BCUT2D eigenvalue weighted by molar-refractivity contribution is 0.103. The lowest BCUT2D eigenvalue weighted by Gasteiger charge is -2.09. The van der Waals surface area contributed by atoms with Gasteiger partial charge in [-0.15, -0.1) is 0 Å². The van der Waals surface area contributed by atoms with Gasteiger partial charge in [-0.3, -0.25) is 4.79 Å². The summed E-state index contributed by atoms with van der Waals surface area (Å²) >= 11 is 1.12. The van der Waals surface area contributed by atoms with Crippen LogP contribution in [0.2, 0.25) is 0 Å². The number of rotatable bonds is 4. The van der Waals surface area contributed by atoms with Gasteiger partial charge in [-0.1, -0.05) is 41.7 Å². The topological polar surface area (TPSA) is 68.0 Å². The van der Waals surface area contributed by atoms with Gasteiger partial charge in [-0.2, -0.15) is 0 Å². The first-order chi connectivity index (χ1) is 11.5. The monoisotopic (exact) mass is 341 g/mol. The van der Waals surface area contributed by atoms with Gasteiger partial charge in [0.1, 0.15) is 16.5 Å². The van der Waals surface area contributed by atoms with Crippen LogP contribution in [0.5, 0.6) is 0 Å². The third kappa shape index (κ3) is 3.00. The Morgan fingerprint density at radius 3 is 2.46 bits per heavy atom. The SMILES string of the molecule is Cc1cccc(C)c1Nc1nc(N)c(C(=O)c2ccccc2F)s1. The van der Waals surface area contributed by atoms with Gasteiger partial charge in [-0.05, 0) is 37.1 Å². The summed E-state index contributed by atoms with van der Waals surface area (Å²) in [6.07, 6.45) is 0. The van der Waals surface area contributed by atoms with E-state index < -0.39 is 11.6 Å². The predicted molar refractivity (Wildman–Crippen MR) is 95.6 cm³/mol. The van der Waals surface area contributed by atoms with Crippen molar-refractivity contribution in [2.45, 2.75) is 13.8 Å². The van der Waals surface area contributed by atoms with E-state index in [1.165, 1.54) is 18.2 Å². The first-order valence-electron chi connectivity index (χ1n) is 7.36. The molecular weight excluding hydrogens is 325 g/mol. The number of nitrogens with zero attached hydrogens (tertiary/aromatic N) is 1. The Balaban J connectivity index is 1.94. The molecule has 6 heteroatoms. The number of ketones is 1. The van der Waals surface area contributed by atoms with Crippen LogP contribution in [0.4, 0.5) is 21.0 Å². The normalized spacial score (nSPS) is 10.6. The van der Waals surface area contributed by atoms with Gasteiger partial charge in [0, 0.05) is 5.69 Å². The number of aryl methyl sites for hydroxylation is 2. The molecule has 24 heavy (non-hydrogen) atoms. The predicted octanol–water partition coefficient (Wildman–Crippen LogP) is 4.46. The van der Waals surface area contributed by atoms with Crippen LogP contribution in [0.25, 0.3) is 0 Å². The van der Waals surface area contributed by atoms with Crippen LogP contribution in [0.1, 0.15) is 26.4 Å². The molecule has 4 nitrogen and oxygen atoms in total. The third-order valence-corrected chi connectivity index (χ3v) is 4.68. The van der Waals surface area contributed by atoms with Gasteiger partial charge < -0.3 is 11.1 Å². The summed E-state index contributed by atoms with van der Waals surface area (Å²) in [5, 5.41) is 3.71. The molecule has 0 unspecified atom stereocenters. The van der Waals surface area contributed by atoms with Crippen LogP contribution >= 0.6 is 11.3 Å². The number of benzene rings is 2. The second kappa shape index (κ2) is 6.41. The molecule has 0 amide bonds. The molecule has 0 saturated carbocycles. The van der Waals surface area contributed by atoms with E-state index in [1.54, 1.807) is 6.07 Å². The van der Waals surface area contributed by atoms with E-state index in [0.29, 0.717) is 5.13 Å². The fraction of sp³-hybridized carbons (Fsp3) is 0.111. The maximum absolute atomic E-state index is 13.8. The minimum absolute atomic E-state index is 0.00790. The Morgan fingerprint density at radius 2 is 1.79 bits per heavy atom. The molecule has 3 rings (SSSR count). The van der Waals surface area contributed by atoms with Crippen LogP contribution in [0, 0.1) is 19.7 Å². The number of carbonyl (C=O) groups is 1. The molecule has 0 aliphatic carbocycles. The third-order valence-electron chi connectivity index (χ3n) is 3.69. The van der Waals surface area contributed by atoms with Crippen LogP contribution < -0.4 is 11.1 Å². The standard InChI is InChI=1S/C18H16FN3OS/c1-10-6-5-7-11(2)14(10)21-18-22-17(20)16(24-18)15(23)12-8-3-4-9-13(12)19/h3-9H,20H2,1-2H3,(H,21,22). The van der Waals surface area contributed by atoms with Crippen molar-refractivity contribution in [1.29, 1.82) is 0 Å². The Morgan fingerprint density at radius 1 is 1.12 bits per heavy atom. The van der Waals surface area contributed by atoms with Crippen LogP contribution in [-0.2, 0) is 0 Å². The fourth-order valence-electron chi connectivity index (χ4n) is 2.43. The van der Waals surface area contributed by atoms with Crippen LogP contribution in [0.15, 0.2) is 42.5 Å². The molecule has 0 radical (unpaired) electrons. The second-order valence-electron chi connectivity index (χ2n) is 5.43. The summed E-state index contributed by atoms with van der Waals surface area (Å²) in [5.74, 6) is -0.931. The first kappa shape index (κ1) is 16.1. The van der Waals surface area contributed by atoms with Crippen molar-refractivity contribution in [3.05, 3.63) is 69.8 Å². The number of hydrogen-bond acceptors (Lipinski definition) is 5. The Bertz CT molecular complexity index is 900. The number of thiazole rings is 1. The Hall–Kier alpha value is -2.73. The molecule has 0 bridgehead atoms. The van der Waals surface area contributed by atoms with E-state index in [0.717, 1.165) is 28.2 Å². The smallest absolute Gasteiger partial charge is 0.209 e. The van der Waals surface area contributed by atoms with E-state index in [1.807, 2.05) is 32.0 Å². The molecule has 3 aromatic rings. The molecule has 3 N–H and O–H groups in total. The summed E-state index contributed by atoms with van der Waals surface area (Å²) in [5.41, 5.74) is 8.92. The van der Waals surface area contributed by atoms with Crippen molar-refractivity contribution in [3.8, 4) is 0 Å². The summed E-state index contributed by atoms with van der Waals surface area (Å²) in [4.78, 5) is 16.9. The number of carbonyl (C=O) groups excluding carboxylic acids is 1. The van der Waals surface area contributed by atoms with E-state index >= 15 is 0 Å². The molecule has 1 heterocycles. The maximum atomic E-state index is 13.8. The van der Waals surface area contributed by atoms with Crippen LogP contribution in [-0.4, -0.2) is 10.8 Å². The molecule has 0 fully saturated rings. The van der Waals surface area contributed by atoms with Gasteiger partial charge in [0.2, 0.25) is 5.78 Å². The zero-order chi connectivity index (χ0) is 17.3. The highest BCUT2D eigenvalue weighted by atomic mass is 32.1. The van der Waals surface area contributed by atoms with Crippen molar-refractivity contribution in [3.63, 3.8) is 0 Å². The number of nitrogens with one attached hydrogen (secondary N) is 1. The molecule has 0 spiro atoms. The molecule has 0 saturated heterocycles. The quantitative estimate of drug-likeness (QED) is 0.688. The average molecular weight is 341 g/mol.